The average Bonchev–Trinajstić information content (AvgIpc) is 2.70. The van der Waals surface area contributed by atoms with Crippen LogP contribution in [-0.4, -0.2) is 5.78 Å². The van der Waals surface area contributed by atoms with Crippen LogP contribution in [0.3, 0.4) is 0 Å². The van der Waals surface area contributed by atoms with Crippen molar-refractivity contribution in [3.05, 3.63) is 52.1 Å². The molecule has 1 aromatic carbocycles. The third-order valence-electron chi connectivity index (χ3n) is 3.80. The highest BCUT2D eigenvalue weighted by Crippen LogP contribution is 2.35. The summed E-state index contributed by atoms with van der Waals surface area (Å²) in [5.41, 5.74) is 4.10. The van der Waals surface area contributed by atoms with E-state index in [1.54, 1.807) is 0 Å². The number of halogens is 1. The van der Waals surface area contributed by atoms with Gasteiger partial charge in [0.1, 0.15) is 0 Å². The van der Waals surface area contributed by atoms with Crippen molar-refractivity contribution in [3.8, 4) is 0 Å². The van der Waals surface area contributed by atoms with Crippen LogP contribution in [0.25, 0.3) is 5.57 Å². The minimum atomic E-state index is 0.214. The molecule has 0 unspecified atom stereocenters. The van der Waals surface area contributed by atoms with E-state index < -0.39 is 0 Å². The molecule has 20 heavy (non-hydrogen) atoms. The number of ketones is 1. The van der Waals surface area contributed by atoms with E-state index in [0.29, 0.717) is 11.4 Å². The van der Waals surface area contributed by atoms with Gasteiger partial charge in [-0.15, -0.1) is 0 Å². The summed E-state index contributed by atoms with van der Waals surface area (Å²) in [5.74, 6) is 0.214. The lowest BCUT2D eigenvalue weighted by Crippen LogP contribution is -1.95. The maximum atomic E-state index is 12.3. The van der Waals surface area contributed by atoms with Crippen LogP contribution >= 0.6 is 11.6 Å². The second-order valence-electron chi connectivity index (χ2n) is 5.34. The summed E-state index contributed by atoms with van der Waals surface area (Å²) in [4.78, 5) is 12.3. The Morgan fingerprint density at radius 3 is 2.80 bits per heavy atom. The van der Waals surface area contributed by atoms with Gasteiger partial charge in [-0.25, -0.2) is 0 Å². The van der Waals surface area contributed by atoms with E-state index in [1.807, 2.05) is 31.2 Å². The highest BCUT2D eigenvalue weighted by atomic mass is 35.5. The summed E-state index contributed by atoms with van der Waals surface area (Å²) in [5, 5.41) is 0.677. The number of unbranched alkanes of at least 4 members (excludes halogenated alkanes) is 3. The lowest BCUT2D eigenvalue weighted by molar-refractivity contribution is -0.112. The number of Topliss-reactive ketones (excluding diaryl/α,β-unsaturated/α-hetero) is 1. The third kappa shape index (κ3) is 3.40. The molecule has 0 N–H and O–H groups in total. The minimum absolute atomic E-state index is 0.214. The molecule has 0 saturated carbocycles. The second-order valence-corrected chi connectivity index (χ2v) is 5.77. The molecule has 0 radical (unpaired) electrons. The van der Waals surface area contributed by atoms with E-state index >= 15 is 0 Å². The lowest BCUT2D eigenvalue weighted by atomic mass is 10.0. The van der Waals surface area contributed by atoms with Crippen LogP contribution in [0.1, 0.15) is 51.5 Å². The first-order valence-electron chi connectivity index (χ1n) is 7.33. The predicted molar refractivity (Wildman–Crippen MR) is 85.9 cm³/mol. The van der Waals surface area contributed by atoms with Crippen LogP contribution in [0, 0.1) is 0 Å². The Kier molecular flexibility index (Phi) is 5.19. The van der Waals surface area contributed by atoms with Crippen LogP contribution in [0.5, 0.6) is 0 Å². The fraction of sp³-hybridized carbons (Fsp3) is 0.389. The van der Waals surface area contributed by atoms with Gasteiger partial charge in [-0.2, -0.15) is 0 Å². The van der Waals surface area contributed by atoms with Crippen LogP contribution < -0.4 is 0 Å². The smallest absolute Gasteiger partial charge is 0.168 e. The van der Waals surface area contributed by atoms with Crippen molar-refractivity contribution < 1.29 is 4.79 Å². The molecule has 1 aliphatic rings. The van der Waals surface area contributed by atoms with Gasteiger partial charge < -0.3 is 0 Å². The Morgan fingerprint density at radius 1 is 1.30 bits per heavy atom. The summed E-state index contributed by atoms with van der Waals surface area (Å²) >= 11 is 6.02. The van der Waals surface area contributed by atoms with Gasteiger partial charge >= 0.3 is 0 Å². The summed E-state index contributed by atoms with van der Waals surface area (Å²) in [7, 11) is 0. The SMILES string of the molecule is CCCCC/C=C1\CC(=O)C(c2cccc(Cl)c2)=C1C. The van der Waals surface area contributed by atoms with Crippen LogP contribution in [-0.2, 0) is 4.79 Å². The van der Waals surface area contributed by atoms with Crippen LogP contribution in [0.4, 0.5) is 0 Å². The number of allylic oxidation sites excluding steroid dienone is 4. The van der Waals surface area contributed by atoms with E-state index in [4.69, 9.17) is 11.6 Å². The van der Waals surface area contributed by atoms with E-state index in [9.17, 15) is 4.79 Å². The maximum absolute atomic E-state index is 12.3. The third-order valence-corrected chi connectivity index (χ3v) is 4.03. The summed E-state index contributed by atoms with van der Waals surface area (Å²) in [6, 6.07) is 7.57. The van der Waals surface area contributed by atoms with Crippen molar-refractivity contribution in [2.75, 3.05) is 0 Å². The Hall–Kier alpha value is -1.34. The zero-order valence-electron chi connectivity index (χ0n) is 12.2. The normalized spacial score (nSPS) is 17.4. The number of hydrogen-bond acceptors (Lipinski definition) is 1. The summed E-state index contributed by atoms with van der Waals surface area (Å²) in [6.07, 6.45) is 7.52. The van der Waals surface area contributed by atoms with E-state index in [-0.39, 0.29) is 5.78 Å². The molecule has 1 aromatic rings. The standard InChI is InChI=1S/C18H21ClO/c1-3-4-5-6-8-14-12-17(20)18(13(14)2)15-9-7-10-16(19)11-15/h7-11H,3-6,12H2,1-2H3/b14-8+. The van der Waals surface area contributed by atoms with Crippen LogP contribution in [0.2, 0.25) is 5.02 Å². The molecule has 0 spiro atoms. The average molecular weight is 289 g/mol. The molecule has 0 saturated heterocycles. The molecule has 0 atom stereocenters. The zero-order valence-corrected chi connectivity index (χ0v) is 13.0. The molecule has 0 fully saturated rings. The zero-order chi connectivity index (χ0) is 14.5. The second kappa shape index (κ2) is 6.90. The quantitative estimate of drug-likeness (QED) is 0.645. The van der Waals surface area contributed by atoms with Crippen molar-refractivity contribution in [3.63, 3.8) is 0 Å². The molecule has 0 aromatic heterocycles. The maximum Gasteiger partial charge on any atom is 0.168 e. The van der Waals surface area contributed by atoms with Gasteiger partial charge in [0, 0.05) is 17.0 Å². The lowest BCUT2D eigenvalue weighted by Gasteiger charge is -2.03. The highest BCUT2D eigenvalue weighted by Gasteiger charge is 2.25. The van der Waals surface area contributed by atoms with Crippen molar-refractivity contribution in [1.82, 2.24) is 0 Å². The van der Waals surface area contributed by atoms with Crippen molar-refractivity contribution in [1.29, 1.82) is 0 Å². The minimum Gasteiger partial charge on any atom is -0.294 e. The first-order chi connectivity index (χ1) is 9.63. The van der Waals surface area contributed by atoms with Gasteiger partial charge in [0.05, 0.1) is 0 Å². The monoisotopic (exact) mass is 288 g/mol. The molecule has 0 aliphatic heterocycles. The number of carbonyl (C=O) groups excluding carboxylic acids is 1. The van der Waals surface area contributed by atoms with Crippen LogP contribution in [0.15, 0.2) is 41.5 Å². The largest absolute Gasteiger partial charge is 0.294 e. The molecule has 0 heterocycles. The van der Waals surface area contributed by atoms with Gasteiger partial charge in [0.25, 0.3) is 0 Å². The van der Waals surface area contributed by atoms with Crippen molar-refractivity contribution in [2.24, 2.45) is 0 Å². The van der Waals surface area contributed by atoms with Gasteiger partial charge in [-0.1, -0.05) is 49.6 Å². The van der Waals surface area contributed by atoms with Gasteiger partial charge in [-0.05, 0) is 48.6 Å². The number of carbonyl (C=O) groups is 1. The van der Waals surface area contributed by atoms with Crippen molar-refractivity contribution >= 4 is 23.0 Å². The van der Waals surface area contributed by atoms with Gasteiger partial charge in [0.15, 0.2) is 5.78 Å². The molecule has 1 nitrogen and oxygen atoms in total. The fourth-order valence-corrected chi connectivity index (χ4v) is 2.87. The van der Waals surface area contributed by atoms with E-state index in [1.165, 1.54) is 24.8 Å². The number of rotatable bonds is 5. The Labute approximate surface area is 126 Å². The highest BCUT2D eigenvalue weighted by molar-refractivity contribution is 6.31. The van der Waals surface area contributed by atoms with E-state index in [2.05, 4.69) is 13.0 Å². The Morgan fingerprint density at radius 2 is 2.10 bits per heavy atom. The topological polar surface area (TPSA) is 17.1 Å². The van der Waals surface area contributed by atoms with Gasteiger partial charge in [-0.3, -0.25) is 4.79 Å². The molecule has 106 valence electrons. The number of hydrogen-bond donors (Lipinski definition) is 0. The first kappa shape index (κ1) is 15.1. The van der Waals surface area contributed by atoms with Gasteiger partial charge in [0.2, 0.25) is 0 Å². The summed E-state index contributed by atoms with van der Waals surface area (Å²) < 4.78 is 0. The molecule has 1 aliphatic carbocycles. The summed E-state index contributed by atoms with van der Waals surface area (Å²) in [6.45, 7) is 4.25. The molecular formula is C18H21ClO. The Bertz CT molecular complexity index is 567. The predicted octanol–water partition coefficient (Wildman–Crippen LogP) is 5.59. The number of benzene rings is 1. The molecule has 2 rings (SSSR count). The molecule has 2 heteroatoms. The molecule has 0 bridgehead atoms. The fourth-order valence-electron chi connectivity index (χ4n) is 2.68. The molecular weight excluding hydrogens is 268 g/mol. The first-order valence-corrected chi connectivity index (χ1v) is 7.70. The van der Waals surface area contributed by atoms with E-state index in [0.717, 1.165) is 23.1 Å². The molecule has 0 amide bonds. The van der Waals surface area contributed by atoms with Crippen molar-refractivity contribution in [2.45, 2.75) is 46.0 Å². The Balaban J connectivity index is 2.23.